The third-order valence-corrected chi connectivity index (χ3v) is 7.07. The molecule has 0 aromatic heterocycles. The minimum Gasteiger partial charge on any atom is -0.494 e. The predicted molar refractivity (Wildman–Crippen MR) is 113 cm³/mol. The SMILES string of the molecule is CCOc1ccc(S(=O)(=O)N2CCN(C(=O)CCc3ccc(Cl)cc3)CC2)cc1. The lowest BCUT2D eigenvalue weighted by Crippen LogP contribution is -2.50. The van der Waals surface area contributed by atoms with Gasteiger partial charge >= 0.3 is 0 Å². The second-order valence-corrected chi connectivity index (χ2v) is 9.19. The van der Waals surface area contributed by atoms with Crippen LogP contribution in [-0.4, -0.2) is 56.3 Å². The van der Waals surface area contributed by atoms with Crippen molar-refractivity contribution in [3.05, 3.63) is 59.1 Å². The fourth-order valence-electron chi connectivity index (χ4n) is 3.26. The molecule has 1 fully saturated rings. The number of carbonyl (C=O) groups excluding carboxylic acids is 1. The summed E-state index contributed by atoms with van der Waals surface area (Å²) in [5, 5.41) is 0.671. The normalized spacial score (nSPS) is 15.3. The van der Waals surface area contributed by atoms with Crippen LogP contribution in [0, 0.1) is 0 Å². The lowest BCUT2D eigenvalue weighted by Gasteiger charge is -2.34. The highest BCUT2D eigenvalue weighted by Gasteiger charge is 2.29. The van der Waals surface area contributed by atoms with E-state index in [4.69, 9.17) is 16.3 Å². The van der Waals surface area contributed by atoms with Crippen molar-refractivity contribution in [2.24, 2.45) is 0 Å². The fourth-order valence-corrected chi connectivity index (χ4v) is 4.81. The Bertz CT molecular complexity index is 922. The summed E-state index contributed by atoms with van der Waals surface area (Å²) < 4.78 is 32.5. The van der Waals surface area contributed by atoms with Gasteiger partial charge in [-0.2, -0.15) is 4.31 Å². The van der Waals surface area contributed by atoms with E-state index in [9.17, 15) is 13.2 Å². The number of piperazine rings is 1. The van der Waals surface area contributed by atoms with E-state index in [1.54, 1.807) is 29.2 Å². The first kappa shape index (κ1) is 21.6. The average Bonchev–Trinajstić information content (AvgIpc) is 2.74. The number of rotatable bonds is 7. The minimum absolute atomic E-state index is 0.0399. The van der Waals surface area contributed by atoms with Crippen LogP contribution in [0.15, 0.2) is 53.4 Å². The number of sulfonamides is 1. The number of hydrogen-bond acceptors (Lipinski definition) is 4. The molecule has 1 saturated heterocycles. The van der Waals surface area contributed by atoms with Crippen molar-refractivity contribution in [1.29, 1.82) is 0 Å². The van der Waals surface area contributed by atoms with Gasteiger partial charge in [-0.1, -0.05) is 23.7 Å². The van der Waals surface area contributed by atoms with Crippen molar-refractivity contribution in [1.82, 2.24) is 9.21 Å². The maximum absolute atomic E-state index is 12.8. The predicted octanol–water partition coefficient (Wildman–Crippen LogP) is 3.20. The van der Waals surface area contributed by atoms with Crippen molar-refractivity contribution in [2.75, 3.05) is 32.8 Å². The maximum Gasteiger partial charge on any atom is 0.243 e. The van der Waals surface area contributed by atoms with Crippen LogP contribution in [0.2, 0.25) is 5.02 Å². The van der Waals surface area contributed by atoms with Gasteiger partial charge in [0.25, 0.3) is 0 Å². The summed E-state index contributed by atoms with van der Waals surface area (Å²) in [6, 6.07) is 13.9. The van der Waals surface area contributed by atoms with Crippen LogP contribution in [0.5, 0.6) is 5.75 Å². The number of benzene rings is 2. The van der Waals surface area contributed by atoms with Gasteiger partial charge in [-0.3, -0.25) is 4.79 Å². The number of halogens is 1. The average molecular weight is 437 g/mol. The van der Waals surface area contributed by atoms with Gasteiger partial charge in [-0.15, -0.1) is 0 Å². The molecule has 0 radical (unpaired) electrons. The Morgan fingerprint density at radius 3 is 2.21 bits per heavy atom. The summed E-state index contributed by atoms with van der Waals surface area (Å²) in [7, 11) is -3.57. The summed E-state index contributed by atoms with van der Waals surface area (Å²) in [6.07, 6.45) is 1.04. The monoisotopic (exact) mass is 436 g/mol. The molecule has 1 heterocycles. The Labute approximate surface area is 177 Å². The Kier molecular flexibility index (Phi) is 7.16. The van der Waals surface area contributed by atoms with E-state index in [1.807, 2.05) is 31.2 Å². The Hall–Kier alpha value is -2.09. The zero-order valence-corrected chi connectivity index (χ0v) is 18.0. The highest BCUT2D eigenvalue weighted by atomic mass is 35.5. The molecule has 29 heavy (non-hydrogen) atoms. The molecule has 2 aromatic rings. The summed E-state index contributed by atoms with van der Waals surface area (Å²) in [5.74, 6) is 0.681. The molecular formula is C21H25ClN2O4S. The molecule has 2 aromatic carbocycles. The lowest BCUT2D eigenvalue weighted by atomic mass is 10.1. The molecule has 0 N–H and O–H groups in total. The zero-order valence-electron chi connectivity index (χ0n) is 16.4. The smallest absolute Gasteiger partial charge is 0.243 e. The van der Waals surface area contributed by atoms with Crippen molar-refractivity contribution in [2.45, 2.75) is 24.7 Å². The molecule has 0 bridgehead atoms. The summed E-state index contributed by atoms with van der Waals surface area (Å²) >= 11 is 5.88. The van der Waals surface area contributed by atoms with E-state index in [-0.39, 0.29) is 10.8 Å². The van der Waals surface area contributed by atoms with Crippen LogP contribution in [0.1, 0.15) is 18.9 Å². The summed E-state index contributed by atoms with van der Waals surface area (Å²) in [6.45, 7) is 3.79. The van der Waals surface area contributed by atoms with Crippen LogP contribution >= 0.6 is 11.6 Å². The number of hydrogen-bond donors (Lipinski definition) is 0. The Morgan fingerprint density at radius 2 is 1.62 bits per heavy atom. The first-order valence-electron chi connectivity index (χ1n) is 9.65. The number of carbonyl (C=O) groups is 1. The van der Waals surface area contributed by atoms with Crippen LogP contribution < -0.4 is 4.74 Å². The van der Waals surface area contributed by atoms with Crippen LogP contribution in [0.25, 0.3) is 0 Å². The van der Waals surface area contributed by atoms with E-state index < -0.39 is 10.0 Å². The second kappa shape index (κ2) is 9.61. The van der Waals surface area contributed by atoms with Gasteiger partial charge in [0, 0.05) is 37.6 Å². The van der Waals surface area contributed by atoms with E-state index in [2.05, 4.69) is 0 Å². The molecule has 156 valence electrons. The van der Waals surface area contributed by atoms with Crippen LogP contribution in [0.4, 0.5) is 0 Å². The van der Waals surface area contributed by atoms with Crippen molar-refractivity contribution in [3.8, 4) is 5.75 Å². The third kappa shape index (κ3) is 5.50. The Balaban J connectivity index is 1.53. The highest BCUT2D eigenvalue weighted by Crippen LogP contribution is 2.21. The largest absolute Gasteiger partial charge is 0.494 e. The topological polar surface area (TPSA) is 66.9 Å². The van der Waals surface area contributed by atoms with Gasteiger partial charge in [0.05, 0.1) is 11.5 Å². The molecule has 0 unspecified atom stereocenters. The van der Waals surface area contributed by atoms with Gasteiger partial charge < -0.3 is 9.64 Å². The first-order chi connectivity index (χ1) is 13.9. The van der Waals surface area contributed by atoms with Crippen molar-refractivity contribution in [3.63, 3.8) is 0 Å². The van der Waals surface area contributed by atoms with E-state index >= 15 is 0 Å². The standard InChI is InChI=1S/C21H25ClN2O4S/c1-2-28-19-8-10-20(11-9-19)29(26,27)24-15-13-23(14-16-24)21(25)12-5-17-3-6-18(22)7-4-17/h3-4,6-11H,2,5,12-16H2,1H3. The van der Waals surface area contributed by atoms with Gasteiger partial charge in [0.1, 0.15) is 5.75 Å². The molecule has 8 heteroatoms. The molecule has 0 aliphatic carbocycles. The number of aryl methyl sites for hydroxylation is 1. The van der Waals surface area contributed by atoms with Crippen molar-refractivity contribution < 1.29 is 17.9 Å². The molecule has 1 amide bonds. The molecule has 0 spiro atoms. The molecule has 6 nitrogen and oxygen atoms in total. The molecule has 3 rings (SSSR count). The molecular weight excluding hydrogens is 412 g/mol. The lowest BCUT2D eigenvalue weighted by molar-refractivity contribution is -0.132. The van der Waals surface area contributed by atoms with Crippen molar-refractivity contribution >= 4 is 27.5 Å². The quantitative estimate of drug-likeness (QED) is 0.668. The fraction of sp³-hybridized carbons (Fsp3) is 0.381. The third-order valence-electron chi connectivity index (χ3n) is 4.90. The summed E-state index contributed by atoms with van der Waals surface area (Å²) in [5.41, 5.74) is 1.06. The van der Waals surface area contributed by atoms with E-state index in [0.717, 1.165) is 5.56 Å². The minimum atomic E-state index is -3.57. The van der Waals surface area contributed by atoms with E-state index in [1.165, 1.54) is 4.31 Å². The van der Waals surface area contributed by atoms with Gasteiger partial charge in [0.2, 0.25) is 15.9 Å². The van der Waals surface area contributed by atoms with Gasteiger partial charge in [-0.25, -0.2) is 8.42 Å². The molecule has 0 saturated carbocycles. The molecule has 0 atom stereocenters. The Morgan fingerprint density at radius 1 is 1.00 bits per heavy atom. The molecule has 1 aliphatic rings. The van der Waals surface area contributed by atoms with Crippen LogP contribution in [-0.2, 0) is 21.2 Å². The van der Waals surface area contributed by atoms with E-state index in [0.29, 0.717) is 56.4 Å². The first-order valence-corrected chi connectivity index (χ1v) is 11.5. The number of amides is 1. The molecule has 1 aliphatic heterocycles. The summed E-state index contributed by atoms with van der Waals surface area (Å²) in [4.78, 5) is 14.5. The zero-order chi connectivity index (χ0) is 20.9. The maximum atomic E-state index is 12.8. The van der Waals surface area contributed by atoms with Gasteiger partial charge in [0.15, 0.2) is 0 Å². The number of nitrogens with zero attached hydrogens (tertiary/aromatic N) is 2. The van der Waals surface area contributed by atoms with Gasteiger partial charge in [-0.05, 0) is 55.3 Å². The van der Waals surface area contributed by atoms with Crippen LogP contribution in [0.3, 0.4) is 0 Å². The highest BCUT2D eigenvalue weighted by molar-refractivity contribution is 7.89. The number of ether oxygens (including phenoxy) is 1. The second-order valence-electron chi connectivity index (χ2n) is 6.82.